The number of hydrogen-bond donors (Lipinski definition) is 2. The summed E-state index contributed by atoms with van der Waals surface area (Å²) in [4.78, 5) is 2.51. The van der Waals surface area contributed by atoms with E-state index in [4.69, 9.17) is 0 Å². The Morgan fingerprint density at radius 2 is 2.00 bits per heavy atom. The summed E-state index contributed by atoms with van der Waals surface area (Å²) in [5, 5.41) is 14.2. The van der Waals surface area contributed by atoms with Crippen molar-refractivity contribution in [3.63, 3.8) is 0 Å². The minimum atomic E-state index is -0.431. The van der Waals surface area contributed by atoms with Crippen LogP contribution in [0.25, 0.3) is 0 Å². The summed E-state index contributed by atoms with van der Waals surface area (Å²) >= 11 is 0. The number of nitrogens with zero attached hydrogens (tertiary/aromatic N) is 1. The fourth-order valence-electron chi connectivity index (χ4n) is 3.58. The molecule has 0 amide bonds. The van der Waals surface area contributed by atoms with E-state index in [0.29, 0.717) is 12.0 Å². The Balaban J connectivity index is 1.71. The first kappa shape index (κ1) is 14.3. The van der Waals surface area contributed by atoms with E-state index in [0.717, 1.165) is 19.4 Å². The third-order valence-electron chi connectivity index (χ3n) is 4.82. The lowest BCUT2D eigenvalue weighted by Gasteiger charge is -2.38. The number of aliphatic hydroxyl groups is 1. The van der Waals surface area contributed by atoms with E-state index in [1.165, 1.54) is 45.3 Å². The van der Waals surface area contributed by atoms with Gasteiger partial charge in [0.1, 0.15) is 0 Å². The second-order valence-corrected chi connectivity index (χ2v) is 6.52. The minimum Gasteiger partial charge on any atom is -0.389 e. The van der Waals surface area contributed by atoms with Gasteiger partial charge in [0.2, 0.25) is 0 Å². The first-order valence-corrected chi connectivity index (χ1v) is 7.79. The van der Waals surface area contributed by atoms with Crippen LogP contribution in [0.2, 0.25) is 0 Å². The van der Waals surface area contributed by atoms with Gasteiger partial charge in [-0.05, 0) is 51.2 Å². The highest BCUT2D eigenvalue weighted by molar-refractivity contribution is 4.89. The maximum absolute atomic E-state index is 10.6. The van der Waals surface area contributed by atoms with Crippen molar-refractivity contribution in [3.8, 4) is 0 Å². The lowest BCUT2D eigenvalue weighted by Crippen LogP contribution is -2.50. The third-order valence-corrected chi connectivity index (χ3v) is 4.82. The molecule has 0 bridgehead atoms. The van der Waals surface area contributed by atoms with E-state index >= 15 is 0 Å². The minimum absolute atomic E-state index is 0.431. The lowest BCUT2D eigenvalue weighted by atomic mass is 9.79. The van der Waals surface area contributed by atoms with Gasteiger partial charge in [0.25, 0.3) is 0 Å². The van der Waals surface area contributed by atoms with Crippen LogP contribution in [0, 0.1) is 5.92 Å². The van der Waals surface area contributed by atoms with Gasteiger partial charge in [-0.3, -0.25) is 0 Å². The predicted octanol–water partition coefficient (Wildman–Crippen LogP) is 2.00. The summed E-state index contributed by atoms with van der Waals surface area (Å²) in [5.41, 5.74) is -0.431. The lowest BCUT2D eigenvalue weighted by molar-refractivity contribution is -0.0152. The molecule has 2 fully saturated rings. The average molecular weight is 254 g/mol. The predicted molar refractivity (Wildman–Crippen MR) is 75.7 cm³/mol. The molecule has 0 spiro atoms. The van der Waals surface area contributed by atoms with Crippen LogP contribution in [0.4, 0.5) is 0 Å². The SMILES string of the molecule is CCN1CCC(NCC2(O)CCCC(C)C2)CC1. The topological polar surface area (TPSA) is 35.5 Å². The monoisotopic (exact) mass is 254 g/mol. The van der Waals surface area contributed by atoms with E-state index in [9.17, 15) is 5.11 Å². The third kappa shape index (κ3) is 3.94. The normalized spacial score (nSPS) is 35.8. The molecule has 2 unspecified atom stereocenters. The highest BCUT2D eigenvalue weighted by Crippen LogP contribution is 2.31. The molecule has 3 heteroatoms. The molecule has 2 atom stereocenters. The quantitative estimate of drug-likeness (QED) is 0.805. The van der Waals surface area contributed by atoms with Crippen molar-refractivity contribution in [3.05, 3.63) is 0 Å². The van der Waals surface area contributed by atoms with Gasteiger partial charge in [0.05, 0.1) is 5.60 Å². The molecular formula is C15H30N2O. The van der Waals surface area contributed by atoms with Crippen LogP contribution < -0.4 is 5.32 Å². The van der Waals surface area contributed by atoms with Crippen molar-refractivity contribution in [2.75, 3.05) is 26.2 Å². The average Bonchev–Trinajstić information content (AvgIpc) is 2.37. The number of hydrogen-bond acceptors (Lipinski definition) is 3. The molecule has 0 aromatic heterocycles. The van der Waals surface area contributed by atoms with Crippen LogP contribution in [0.1, 0.15) is 52.4 Å². The van der Waals surface area contributed by atoms with Gasteiger partial charge in [-0.25, -0.2) is 0 Å². The Morgan fingerprint density at radius 1 is 1.28 bits per heavy atom. The van der Waals surface area contributed by atoms with Crippen LogP contribution in [0.3, 0.4) is 0 Å². The maximum Gasteiger partial charge on any atom is 0.0774 e. The van der Waals surface area contributed by atoms with Crippen molar-refractivity contribution in [2.24, 2.45) is 5.92 Å². The molecule has 18 heavy (non-hydrogen) atoms. The van der Waals surface area contributed by atoms with E-state index < -0.39 is 5.60 Å². The van der Waals surface area contributed by atoms with Crippen molar-refractivity contribution in [2.45, 2.75) is 64.0 Å². The van der Waals surface area contributed by atoms with Crippen LogP contribution >= 0.6 is 0 Å². The molecule has 0 aromatic carbocycles. The molecule has 3 nitrogen and oxygen atoms in total. The molecule has 1 aliphatic heterocycles. The van der Waals surface area contributed by atoms with Crippen molar-refractivity contribution in [1.82, 2.24) is 10.2 Å². The van der Waals surface area contributed by atoms with Gasteiger partial charge in [0.15, 0.2) is 0 Å². The molecule has 2 N–H and O–H groups in total. The van der Waals surface area contributed by atoms with E-state index in [2.05, 4.69) is 24.1 Å². The van der Waals surface area contributed by atoms with Gasteiger partial charge in [-0.1, -0.05) is 26.7 Å². The molecule has 106 valence electrons. The van der Waals surface area contributed by atoms with Gasteiger partial charge in [0, 0.05) is 12.6 Å². The van der Waals surface area contributed by atoms with Crippen molar-refractivity contribution < 1.29 is 5.11 Å². The Kier molecular flexibility index (Phi) is 5.05. The standard InChI is InChI=1S/C15H30N2O/c1-3-17-9-6-14(7-10-17)16-12-15(18)8-4-5-13(2)11-15/h13-14,16,18H,3-12H2,1-2H3. The zero-order valence-corrected chi connectivity index (χ0v) is 12.1. The maximum atomic E-state index is 10.6. The molecule has 0 radical (unpaired) electrons. The summed E-state index contributed by atoms with van der Waals surface area (Å²) in [5.74, 6) is 0.687. The molecular weight excluding hydrogens is 224 g/mol. The summed E-state index contributed by atoms with van der Waals surface area (Å²) in [6, 6.07) is 0.619. The van der Waals surface area contributed by atoms with Crippen LogP contribution in [0.5, 0.6) is 0 Å². The van der Waals surface area contributed by atoms with Gasteiger partial charge in [-0.15, -0.1) is 0 Å². The zero-order chi connectivity index (χ0) is 13.0. The Labute approximate surface area is 112 Å². The Hall–Kier alpha value is -0.120. The van der Waals surface area contributed by atoms with Crippen LogP contribution in [0.15, 0.2) is 0 Å². The van der Waals surface area contributed by atoms with Gasteiger partial charge in [-0.2, -0.15) is 0 Å². The molecule has 1 heterocycles. The molecule has 1 aliphatic carbocycles. The highest BCUT2D eigenvalue weighted by atomic mass is 16.3. The van der Waals surface area contributed by atoms with E-state index in [1.807, 2.05) is 0 Å². The smallest absolute Gasteiger partial charge is 0.0774 e. The summed E-state index contributed by atoms with van der Waals surface area (Å²) in [6.07, 6.45) is 6.91. The Morgan fingerprint density at radius 3 is 2.61 bits per heavy atom. The summed E-state index contributed by atoms with van der Waals surface area (Å²) < 4.78 is 0. The Bertz CT molecular complexity index is 251. The number of rotatable bonds is 4. The molecule has 0 aromatic rings. The van der Waals surface area contributed by atoms with Gasteiger partial charge < -0.3 is 15.3 Å². The largest absolute Gasteiger partial charge is 0.389 e. The highest BCUT2D eigenvalue weighted by Gasteiger charge is 2.33. The van der Waals surface area contributed by atoms with Crippen LogP contribution in [-0.4, -0.2) is 47.8 Å². The molecule has 1 saturated heterocycles. The molecule has 2 aliphatic rings. The van der Waals surface area contributed by atoms with Crippen molar-refractivity contribution in [1.29, 1.82) is 0 Å². The number of piperidine rings is 1. The fraction of sp³-hybridized carbons (Fsp3) is 1.00. The molecule has 2 rings (SSSR count). The second kappa shape index (κ2) is 6.36. The first-order valence-electron chi connectivity index (χ1n) is 7.79. The van der Waals surface area contributed by atoms with E-state index in [-0.39, 0.29) is 0 Å². The van der Waals surface area contributed by atoms with Gasteiger partial charge >= 0.3 is 0 Å². The number of nitrogens with one attached hydrogen (secondary N) is 1. The fourth-order valence-corrected chi connectivity index (χ4v) is 3.58. The first-order chi connectivity index (χ1) is 8.61. The summed E-state index contributed by atoms with van der Waals surface area (Å²) in [7, 11) is 0. The van der Waals surface area contributed by atoms with E-state index in [1.54, 1.807) is 0 Å². The second-order valence-electron chi connectivity index (χ2n) is 6.52. The number of likely N-dealkylation sites (tertiary alicyclic amines) is 1. The van der Waals surface area contributed by atoms with Crippen molar-refractivity contribution >= 4 is 0 Å². The van der Waals surface area contributed by atoms with Crippen LogP contribution in [-0.2, 0) is 0 Å². The summed E-state index contributed by atoms with van der Waals surface area (Å²) in [6.45, 7) is 8.90. The molecule has 1 saturated carbocycles. The zero-order valence-electron chi connectivity index (χ0n) is 12.1.